The molecular weight excluding hydrogens is 332 g/mol. The molecule has 0 aromatic rings. The molecule has 1 aliphatic rings. The Morgan fingerprint density at radius 1 is 1.04 bits per heavy atom. The molecule has 0 bridgehead atoms. The van der Waals surface area contributed by atoms with E-state index < -0.39 is 68.3 Å². The standard InChI is InChI=1S/C12H24N2O10/c13-14-1-5(8(19)7(18)4(17)2-15)23-12-11(22)10(21)9(20)6(3-16)24-12/h1,4-12,15-22H,2-3,13H2/b14-1+/t4-,5-,6-,7-,8-,9-,10+,11+,12+/m1/s1. The lowest BCUT2D eigenvalue weighted by molar-refractivity contribution is -0.312. The van der Waals surface area contributed by atoms with Crippen LogP contribution in [0.5, 0.6) is 0 Å². The Hall–Kier alpha value is -0.930. The number of rotatable bonds is 8. The highest BCUT2D eigenvalue weighted by atomic mass is 16.7. The van der Waals surface area contributed by atoms with E-state index >= 15 is 0 Å². The Morgan fingerprint density at radius 2 is 1.67 bits per heavy atom. The Bertz CT molecular complexity index is 398. The second-order valence-electron chi connectivity index (χ2n) is 5.33. The van der Waals surface area contributed by atoms with Crippen molar-refractivity contribution in [2.45, 2.75) is 55.1 Å². The number of aliphatic hydroxyl groups is 8. The minimum Gasteiger partial charge on any atom is -0.394 e. The SMILES string of the molecule is N/N=C/[C@@H](O[C@H]1O[C@H](CO)[C@@H](O)[C@H](O)[C@@H]1O)[C@@H](O)[C@H](O)[C@H](O)CO. The number of hydrazone groups is 1. The minimum absolute atomic E-state index is 0.686. The zero-order chi connectivity index (χ0) is 18.4. The van der Waals surface area contributed by atoms with Crippen LogP contribution >= 0.6 is 0 Å². The summed E-state index contributed by atoms with van der Waals surface area (Å²) in [6.45, 7) is -1.53. The van der Waals surface area contributed by atoms with Crippen LogP contribution in [0, 0.1) is 0 Å². The third-order valence-corrected chi connectivity index (χ3v) is 3.64. The van der Waals surface area contributed by atoms with E-state index in [-0.39, 0.29) is 0 Å². The van der Waals surface area contributed by atoms with Crippen LogP contribution in [0.2, 0.25) is 0 Å². The maximum Gasteiger partial charge on any atom is 0.187 e. The number of aliphatic hydroxyl groups excluding tert-OH is 8. The van der Waals surface area contributed by atoms with Gasteiger partial charge in [0.05, 0.1) is 19.4 Å². The molecule has 9 atom stereocenters. The van der Waals surface area contributed by atoms with Crippen LogP contribution in [0.4, 0.5) is 0 Å². The van der Waals surface area contributed by atoms with Crippen LogP contribution in [0.1, 0.15) is 0 Å². The Labute approximate surface area is 137 Å². The maximum atomic E-state index is 9.98. The topological polar surface area (TPSA) is 219 Å². The first-order valence-electron chi connectivity index (χ1n) is 7.12. The van der Waals surface area contributed by atoms with Crippen LogP contribution in [0.3, 0.4) is 0 Å². The molecule has 0 aromatic carbocycles. The summed E-state index contributed by atoms with van der Waals surface area (Å²) < 4.78 is 10.3. The Balaban J connectivity index is 2.87. The molecule has 12 heteroatoms. The number of hydrogen-bond donors (Lipinski definition) is 9. The van der Waals surface area contributed by atoms with E-state index in [1.165, 1.54) is 0 Å². The van der Waals surface area contributed by atoms with E-state index in [0.29, 0.717) is 0 Å². The summed E-state index contributed by atoms with van der Waals surface area (Å²) in [6.07, 6.45) is -13.9. The third kappa shape index (κ3) is 4.80. The monoisotopic (exact) mass is 356 g/mol. The first-order chi connectivity index (χ1) is 11.3. The van der Waals surface area contributed by atoms with E-state index in [1.54, 1.807) is 0 Å². The van der Waals surface area contributed by atoms with Gasteiger partial charge in [0.15, 0.2) is 6.29 Å². The fourth-order valence-electron chi connectivity index (χ4n) is 2.15. The number of nitrogens with zero attached hydrogens (tertiary/aromatic N) is 1. The van der Waals surface area contributed by atoms with E-state index in [2.05, 4.69) is 5.10 Å². The van der Waals surface area contributed by atoms with E-state index in [9.17, 15) is 30.6 Å². The molecule has 1 fully saturated rings. The molecule has 0 aliphatic carbocycles. The first kappa shape index (κ1) is 21.1. The normalized spacial score (nSPS) is 36.4. The van der Waals surface area contributed by atoms with Crippen molar-refractivity contribution in [2.75, 3.05) is 13.2 Å². The highest BCUT2D eigenvalue weighted by molar-refractivity contribution is 5.63. The molecule has 24 heavy (non-hydrogen) atoms. The van der Waals surface area contributed by atoms with Gasteiger partial charge in [-0.25, -0.2) is 0 Å². The largest absolute Gasteiger partial charge is 0.394 e. The molecule has 0 saturated carbocycles. The maximum absolute atomic E-state index is 9.98. The van der Waals surface area contributed by atoms with Crippen molar-refractivity contribution in [1.29, 1.82) is 0 Å². The molecule has 142 valence electrons. The molecule has 0 unspecified atom stereocenters. The average Bonchev–Trinajstić information content (AvgIpc) is 2.59. The highest BCUT2D eigenvalue weighted by Gasteiger charge is 2.45. The van der Waals surface area contributed by atoms with Crippen molar-refractivity contribution in [2.24, 2.45) is 10.9 Å². The highest BCUT2D eigenvalue weighted by Crippen LogP contribution is 2.23. The van der Waals surface area contributed by atoms with Crippen molar-refractivity contribution >= 4 is 6.21 Å². The van der Waals surface area contributed by atoms with Crippen molar-refractivity contribution in [3.8, 4) is 0 Å². The van der Waals surface area contributed by atoms with Crippen molar-refractivity contribution < 1.29 is 50.3 Å². The van der Waals surface area contributed by atoms with Gasteiger partial charge in [-0.2, -0.15) is 5.10 Å². The lowest BCUT2D eigenvalue weighted by Crippen LogP contribution is -2.60. The average molecular weight is 356 g/mol. The minimum atomic E-state index is -1.84. The molecule has 1 rings (SSSR count). The molecule has 1 aliphatic heterocycles. The van der Waals surface area contributed by atoms with Crippen molar-refractivity contribution in [1.82, 2.24) is 0 Å². The van der Waals surface area contributed by atoms with Crippen LogP contribution in [-0.4, -0.2) is 115 Å². The second kappa shape index (κ2) is 9.53. The number of nitrogens with two attached hydrogens (primary N) is 1. The quantitative estimate of drug-likeness (QED) is 0.113. The van der Waals surface area contributed by atoms with E-state index in [4.69, 9.17) is 25.5 Å². The van der Waals surface area contributed by atoms with E-state index in [1.807, 2.05) is 0 Å². The lowest BCUT2D eigenvalue weighted by Gasteiger charge is -2.41. The zero-order valence-electron chi connectivity index (χ0n) is 12.6. The molecule has 0 radical (unpaired) electrons. The van der Waals surface area contributed by atoms with Gasteiger partial charge >= 0.3 is 0 Å². The second-order valence-corrected chi connectivity index (χ2v) is 5.33. The van der Waals surface area contributed by atoms with Crippen LogP contribution < -0.4 is 5.84 Å². The van der Waals surface area contributed by atoms with Gasteiger partial charge in [-0.05, 0) is 0 Å². The molecule has 1 saturated heterocycles. The van der Waals surface area contributed by atoms with Crippen LogP contribution in [0.25, 0.3) is 0 Å². The van der Waals surface area contributed by atoms with Gasteiger partial charge < -0.3 is 56.2 Å². The molecule has 0 aromatic heterocycles. The van der Waals surface area contributed by atoms with Gasteiger partial charge in [0.1, 0.15) is 48.8 Å². The summed E-state index contributed by atoms with van der Waals surface area (Å²) in [5, 5.41) is 79.2. The van der Waals surface area contributed by atoms with Gasteiger partial charge in [-0.15, -0.1) is 0 Å². The van der Waals surface area contributed by atoms with Gasteiger partial charge in [-0.1, -0.05) is 0 Å². The molecular formula is C12H24N2O10. The summed E-state index contributed by atoms with van der Waals surface area (Å²) in [4.78, 5) is 0. The smallest absolute Gasteiger partial charge is 0.187 e. The molecule has 0 amide bonds. The lowest BCUT2D eigenvalue weighted by atomic mass is 9.99. The summed E-state index contributed by atoms with van der Waals surface area (Å²) in [5.41, 5.74) is 0. The third-order valence-electron chi connectivity index (χ3n) is 3.64. The fraction of sp³-hybridized carbons (Fsp3) is 0.917. The number of ether oxygens (including phenoxy) is 2. The van der Waals surface area contributed by atoms with Gasteiger partial charge in [0, 0.05) is 0 Å². The summed E-state index contributed by atoms with van der Waals surface area (Å²) in [6, 6.07) is 0. The van der Waals surface area contributed by atoms with Crippen LogP contribution in [0.15, 0.2) is 5.10 Å². The Morgan fingerprint density at radius 3 is 2.17 bits per heavy atom. The molecule has 1 heterocycles. The summed E-state index contributed by atoms with van der Waals surface area (Å²) in [7, 11) is 0. The summed E-state index contributed by atoms with van der Waals surface area (Å²) in [5.74, 6) is 4.97. The van der Waals surface area contributed by atoms with Gasteiger partial charge in [-0.3, -0.25) is 0 Å². The van der Waals surface area contributed by atoms with E-state index in [0.717, 1.165) is 6.21 Å². The predicted octanol–water partition coefficient (Wildman–Crippen LogP) is -5.81. The Kier molecular flexibility index (Phi) is 8.38. The number of hydrogen-bond acceptors (Lipinski definition) is 12. The fourth-order valence-corrected chi connectivity index (χ4v) is 2.15. The summed E-state index contributed by atoms with van der Waals surface area (Å²) >= 11 is 0. The van der Waals surface area contributed by atoms with Crippen molar-refractivity contribution in [3.05, 3.63) is 0 Å². The van der Waals surface area contributed by atoms with Gasteiger partial charge in [0.25, 0.3) is 0 Å². The predicted molar refractivity (Wildman–Crippen MR) is 76.4 cm³/mol. The molecule has 0 spiro atoms. The molecule has 10 N–H and O–H groups in total. The zero-order valence-corrected chi connectivity index (χ0v) is 12.6. The molecule has 12 nitrogen and oxygen atoms in total. The van der Waals surface area contributed by atoms with Gasteiger partial charge in [0.2, 0.25) is 0 Å². The first-order valence-corrected chi connectivity index (χ1v) is 7.12. The van der Waals surface area contributed by atoms with Crippen molar-refractivity contribution in [3.63, 3.8) is 0 Å². The van der Waals surface area contributed by atoms with Crippen LogP contribution in [-0.2, 0) is 9.47 Å².